The van der Waals surface area contributed by atoms with Gasteiger partial charge in [-0.3, -0.25) is 4.79 Å². The smallest absolute Gasteiger partial charge is 0.151 e. The van der Waals surface area contributed by atoms with E-state index in [1.807, 2.05) is 0 Å². The van der Waals surface area contributed by atoms with E-state index in [0.717, 1.165) is 6.29 Å². The fourth-order valence-corrected chi connectivity index (χ4v) is 2.09. The van der Waals surface area contributed by atoms with Gasteiger partial charge in [0.25, 0.3) is 0 Å². The molecule has 0 fully saturated rings. The van der Waals surface area contributed by atoms with Crippen LogP contribution in [0.3, 0.4) is 0 Å². The highest BCUT2D eigenvalue weighted by molar-refractivity contribution is 9.10. The van der Waals surface area contributed by atoms with Crippen molar-refractivity contribution in [3.8, 4) is 23.0 Å². The standard InChI is InChI=1S/C15H13BrO4/c1-18-12-5-13(19-2)7-14(6-12)20-11-4-3-10(9-17)15(16)8-11/h3-9H,1-2H3. The van der Waals surface area contributed by atoms with Gasteiger partial charge in [-0.1, -0.05) is 0 Å². The molecule has 0 saturated heterocycles. The SMILES string of the molecule is COc1cc(OC)cc(Oc2ccc(C=O)c(Br)c2)c1. The lowest BCUT2D eigenvalue weighted by Gasteiger charge is -2.10. The maximum absolute atomic E-state index is 10.8. The van der Waals surface area contributed by atoms with Crippen molar-refractivity contribution in [3.63, 3.8) is 0 Å². The van der Waals surface area contributed by atoms with Crippen molar-refractivity contribution >= 4 is 22.2 Å². The van der Waals surface area contributed by atoms with Gasteiger partial charge in [0.15, 0.2) is 6.29 Å². The van der Waals surface area contributed by atoms with Crippen LogP contribution in [0.25, 0.3) is 0 Å². The maximum atomic E-state index is 10.8. The largest absolute Gasteiger partial charge is 0.496 e. The highest BCUT2D eigenvalue weighted by atomic mass is 79.9. The molecule has 5 heteroatoms. The van der Waals surface area contributed by atoms with Gasteiger partial charge in [-0.15, -0.1) is 0 Å². The second kappa shape index (κ2) is 6.43. The molecule has 104 valence electrons. The molecule has 0 aliphatic rings. The molecular weight excluding hydrogens is 324 g/mol. The number of carbonyl (C=O) groups is 1. The van der Waals surface area contributed by atoms with E-state index in [0.29, 0.717) is 33.0 Å². The van der Waals surface area contributed by atoms with Crippen LogP contribution in [0, 0.1) is 0 Å². The Labute approximate surface area is 125 Å². The number of hydrogen-bond acceptors (Lipinski definition) is 4. The summed E-state index contributed by atoms with van der Waals surface area (Å²) >= 11 is 3.32. The van der Waals surface area contributed by atoms with Crippen LogP contribution in [0.15, 0.2) is 40.9 Å². The molecule has 2 rings (SSSR count). The normalized spacial score (nSPS) is 9.95. The summed E-state index contributed by atoms with van der Waals surface area (Å²) in [6.45, 7) is 0. The van der Waals surface area contributed by atoms with Gasteiger partial charge in [0.05, 0.1) is 14.2 Å². The van der Waals surface area contributed by atoms with Gasteiger partial charge >= 0.3 is 0 Å². The van der Waals surface area contributed by atoms with E-state index in [-0.39, 0.29) is 0 Å². The highest BCUT2D eigenvalue weighted by Gasteiger charge is 2.06. The molecule has 2 aromatic carbocycles. The van der Waals surface area contributed by atoms with E-state index in [1.165, 1.54) is 0 Å². The zero-order valence-corrected chi connectivity index (χ0v) is 12.6. The fourth-order valence-electron chi connectivity index (χ4n) is 1.64. The molecule has 0 atom stereocenters. The minimum Gasteiger partial charge on any atom is -0.496 e. The molecule has 0 unspecified atom stereocenters. The minimum atomic E-state index is 0.570. The van der Waals surface area contributed by atoms with E-state index in [4.69, 9.17) is 14.2 Å². The van der Waals surface area contributed by atoms with E-state index in [2.05, 4.69) is 15.9 Å². The molecule has 0 amide bonds. The Morgan fingerprint density at radius 3 is 2.00 bits per heavy atom. The van der Waals surface area contributed by atoms with E-state index < -0.39 is 0 Å². The average Bonchev–Trinajstić information content (AvgIpc) is 2.47. The lowest BCUT2D eigenvalue weighted by atomic mass is 10.2. The van der Waals surface area contributed by atoms with Gasteiger partial charge in [-0.05, 0) is 34.1 Å². The van der Waals surface area contributed by atoms with Crippen LogP contribution < -0.4 is 14.2 Å². The Bertz CT molecular complexity index is 603. The molecule has 0 saturated carbocycles. The Morgan fingerprint density at radius 1 is 0.900 bits per heavy atom. The van der Waals surface area contributed by atoms with Crippen molar-refractivity contribution < 1.29 is 19.0 Å². The van der Waals surface area contributed by atoms with Crippen LogP contribution in [-0.2, 0) is 0 Å². The molecule has 0 N–H and O–H groups in total. The molecule has 0 radical (unpaired) electrons. The van der Waals surface area contributed by atoms with E-state index in [1.54, 1.807) is 50.6 Å². The molecule has 0 bridgehead atoms. The number of ether oxygens (including phenoxy) is 3. The van der Waals surface area contributed by atoms with Gasteiger partial charge in [0.1, 0.15) is 23.0 Å². The van der Waals surface area contributed by atoms with Crippen molar-refractivity contribution in [2.75, 3.05) is 14.2 Å². The summed E-state index contributed by atoms with van der Waals surface area (Å²) in [6, 6.07) is 10.4. The number of rotatable bonds is 5. The van der Waals surface area contributed by atoms with Gasteiger partial charge in [-0.2, -0.15) is 0 Å². The number of methoxy groups -OCH3 is 2. The quantitative estimate of drug-likeness (QED) is 0.772. The summed E-state index contributed by atoms with van der Waals surface area (Å²) < 4.78 is 16.8. The maximum Gasteiger partial charge on any atom is 0.151 e. The summed E-state index contributed by atoms with van der Waals surface area (Å²) in [7, 11) is 3.15. The van der Waals surface area contributed by atoms with Crippen LogP contribution in [0.5, 0.6) is 23.0 Å². The first kappa shape index (κ1) is 14.4. The van der Waals surface area contributed by atoms with Crippen molar-refractivity contribution in [1.82, 2.24) is 0 Å². The van der Waals surface area contributed by atoms with Crippen molar-refractivity contribution in [1.29, 1.82) is 0 Å². The van der Waals surface area contributed by atoms with Gasteiger partial charge in [0.2, 0.25) is 0 Å². The van der Waals surface area contributed by atoms with Crippen LogP contribution in [0.1, 0.15) is 10.4 Å². The molecule has 0 aliphatic carbocycles. The summed E-state index contributed by atoms with van der Waals surface area (Å²) in [5, 5.41) is 0. The first-order valence-corrected chi connectivity index (χ1v) is 6.61. The Kier molecular flexibility index (Phi) is 4.63. The van der Waals surface area contributed by atoms with E-state index >= 15 is 0 Å². The van der Waals surface area contributed by atoms with Crippen LogP contribution in [-0.4, -0.2) is 20.5 Å². The summed E-state index contributed by atoms with van der Waals surface area (Å²) in [6.07, 6.45) is 0.780. The van der Waals surface area contributed by atoms with Crippen LogP contribution in [0.4, 0.5) is 0 Å². The third kappa shape index (κ3) is 3.30. The lowest BCUT2D eigenvalue weighted by molar-refractivity contribution is 0.112. The Hall–Kier alpha value is -2.01. The number of halogens is 1. The van der Waals surface area contributed by atoms with Crippen molar-refractivity contribution in [2.45, 2.75) is 0 Å². The van der Waals surface area contributed by atoms with E-state index in [9.17, 15) is 4.79 Å². The summed E-state index contributed by atoms with van der Waals surface area (Å²) in [4.78, 5) is 10.8. The first-order chi connectivity index (χ1) is 9.66. The fraction of sp³-hybridized carbons (Fsp3) is 0.133. The monoisotopic (exact) mass is 336 g/mol. The molecule has 0 heterocycles. The van der Waals surface area contributed by atoms with Crippen LogP contribution >= 0.6 is 15.9 Å². The second-order valence-corrected chi connectivity index (χ2v) is 4.81. The zero-order chi connectivity index (χ0) is 14.5. The zero-order valence-electron chi connectivity index (χ0n) is 11.1. The first-order valence-electron chi connectivity index (χ1n) is 5.82. The molecule has 0 spiro atoms. The second-order valence-electron chi connectivity index (χ2n) is 3.95. The number of benzene rings is 2. The van der Waals surface area contributed by atoms with Crippen LogP contribution in [0.2, 0.25) is 0 Å². The average molecular weight is 337 g/mol. The predicted octanol–water partition coefficient (Wildman–Crippen LogP) is 4.07. The van der Waals surface area contributed by atoms with Gasteiger partial charge < -0.3 is 14.2 Å². The highest BCUT2D eigenvalue weighted by Crippen LogP contribution is 2.32. The molecule has 20 heavy (non-hydrogen) atoms. The third-order valence-corrected chi connectivity index (χ3v) is 3.35. The molecule has 0 aliphatic heterocycles. The van der Waals surface area contributed by atoms with Gasteiger partial charge in [0, 0.05) is 28.2 Å². The molecule has 2 aromatic rings. The Morgan fingerprint density at radius 2 is 1.50 bits per heavy atom. The molecular formula is C15H13BrO4. The minimum absolute atomic E-state index is 0.570. The summed E-state index contributed by atoms with van der Waals surface area (Å²) in [5.74, 6) is 2.48. The lowest BCUT2D eigenvalue weighted by Crippen LogP contribution is -1.91. The molecule has 0 aromatic heterocycles. The van der Waals surface area contributed by atoms with Crippen molar-refractivity contribution in [2.24, 2.45) is 0 Å². The van der Waals surface area contributed by atoms with Gasteiger partial charge in [-0.25, -0.2) is 0 Å². The number of hydrogen-bond donors (Lipinski definition) is 0. The van der Waals surface area contributed by atoms with Crippen molar-refractivity contribution in [3.05, 3.63) is 46.4 Å². The number of aldehydes is 1. The predicted molar refractivity (Wildman–Crippen MR) is 79.1 cm³/mol. The summed E-state index contributed by atoms with van der Waals surface area (Å²) in [5.41, 5.74) is 0.570. The topological polar surface area (TPSA) is 44.8 Å². The Balaban J connectivity index is 2.29. The number of carbonyl (C=O) groups excluding carboxylic acids is 1. The third-order valence-electron chi connectivity index (χ3n) is 2.66. The molecule has 4 nitrogen and oxygen atoms in total.